The molecule has 2 aromatic carbocycles. The number of thiophene rings is 1. The van der Waals surface area contributed by atoms with E-state index in [0.717, 1.165) is 23.2 Å². The Balaban J connectivity index is 0.000000806. The topological polar surface area (TPSA) is 122 Å². The van der Waals surface area contributed by atoms with E-state index in [1.165, 1.54) is 23.5 Å². The first-order chi connectivity index (χ1) is 14.4. The van der Waals surface area contributed by atoms with Crippen LogP contribution in [0.5, 0.6) is 0 Å². The van der Waals surface area contributed by atoms with Crippen molar-refractivity contribution in [2.24, 2.45) is 5.73 Å². The van der Waals surface area contributed by atoms with Gasteiger partial charge in [-0.15, -0.1) is 11.3 Å². The van der Waals surface area contributed by atoms with Gasteiger partial charge in [0, 0.05) is 10.4 Å². The molecule has 1 heterocycles. The molecule has 0 aliphatic rings. The molecule has 162 valence electrons. The maximum absolute atomic E-state index is 14.3. The molecule has 3 rings (SSSR count). The van der Waals surface area contributed by atoms with Gasteiger partial charge in [0.25, 0.3) is 0 Å². The number of rotatable bonds is 4. The van der Waals surface area contributed by atoms with E-state index in [0.29, 0.717) is 11.2 Å². The Morgan fingerprint density at radius 3 is 2.30 bits per heavy atom. The van der Waals surface area contributed by atoms with Gasteiger partial charge >= 0.3 is 0 Å². The number of anilines is 1. The monoisotopic (exact) mass is 432 g/mol. The molecule has 0 aliphatic heterocycles. The van der Waals surface area contributed by atoms with Crippen molar-refractivity contribution < 1.29 is 14.0 Å². The summed E-state index contributed by atoms with van der Waals surface area (Å²) in [5, 5.41) is 12.2. The van der Waals surface area contributed by atoms with Crippen LogP contribution in [0.15, 0.2) is 42.5 Å². The molecule has 0 amide bonds. The Bertz CT molecular complexity index is 909. The number of hydrogen-bond donors (Lipinski definition) is 4. The van der Waals surface area contributed by atoms with Crippen molar-refractivity contribution >= 4 is 45.9 Å². The second kappa shape index (κ2) is 15.0. The van der Waals surface area contributed by atoms with Crippen LogP contribution in [0, 0.1) is 11.2 Å². The molecule has 3 aromatic rings. The lowest BCUT2D eigenvalue weighted by Gasteiger charge is -2.08. The molecular weight excluding hydrogens is 403 g/mol. The minimum absolute atomic E-state index is 0.00472. The predicted molar refractivity (Wildman–Crippen MR) is 125 cm³/mol. The number of halogens is 1. The van der Waals surface area contributed by atoms with Crippen molar-refractivity contribution in [2.45, 2.75) is 13.8 Å². The van der Waals surface area contributed by atoms with Gasteiger partial charge in [0.1, 0.15) is 12.6 Å². The first kappa shape index (κ1) is 27.1. The summed E-state index contributed by atoms with van der Waals surface area (Å²) in [5.41, 5.74) is 10.7. The van der Waals surface area contributed by atoms with Gasteiger partial charge in [0.15, 0.2) is 6.29 Å². The third-order valence-electron chi connectivity index (χ3n) is 3.61. The van der Waals surface area contributed by atoms with Crippen LogP contribution in [0.25, 0.3) is 10.1 Å². The standard InChI is InChI=1S/C16H11FN2OS.C3H9N.C2H7N.CH2O/c17-15-10(8-20)5-6-11(18)14(15)16(19)13-7-9-3-1-2-4-12(9)21-13;1-3-4-2;1-2-3;1-2/h1-8,19H,18H2;4H,3H2,1-2H3;2-3H2,1H3;1H2. The fourth-order valence-electron chi connectivity index (χ4n) is 2.18. The molecule has 0 saturated carbocycles. The number of nitrogens with two attached hydrogens (primary N) is 2. The van der Waals surface area contributed by atoms with Crippen LogP contribution in [-0.4, -0.2) is 38.9 Å². The van der Waals surface area contributed by atoms with Gasteiger partial charge in [-0.3, -0.25) is 10.2 Å². The Hall–Kier alpha value is -2.94. The highest BCUT2D eigenvalue weighted by Gasteiger charge is 2.18. The van der Waals surface area contributed by atoms with Gasteiger partial charge in [0.05, 0.1) is 21.7 Å². The predicted octanol–water partition coefficient (Wildman–Crippen LogP) is 3.86. The minimum Gasteiger partial charge on any atom is -0.398 e. The van der Waals surface area contributed by atoms with Gasteiger partial charge in [-0.1, -0.05) is 32.0 Å². The van der Waals surface area contributed by atoms with Crippen molar-refractivity contribution in [1.82, 2.24) is 5.32 Å². The molecule has 0 radical (unpaired) electrons. The van der Waals surface area contributed by atoms with Crippen LogP contribution in [0.1, 0.15) is 34.6 Å². The molecule has 0 fully saturated rings. The summed E-state index contributed by atoms with van der Waals surface area (Å²) in [6, 6.07) is 12.3. The van der Waals surface area contributed by atoms with Gasteiger partial charge in [0.2, 0.25) is 0 Å². The number of carbonyl (C=O) groups excluding carboxylic acids is 2. The van der Waals surface area contributed by atoms with E-state index in [9.17, 15) is 9.18 Å². The van der Waals surface area contributed by atoms with Crippen molar-refractivity contribution in [3.8, 4) is 0 Å². The molecule has 0 aliphatic carbocycles. The molecule has 0 atom stereocenters. The summed E-state index contributed by atoms with van der Waals surface area (Å²) in [7, 11) is 1.93. The summed E-state index contributed by atoms with van der Waals surface area (Å²) >= 11 is 1.40. The Kier molecular flexibility index (Phi) is 13.5. The average Bonchev–Trinajstić information content (AvgIpc) is 3.20. The molecule has 30 heavy (non-hydrogen) atoms. The lowest BCUT2D eigenvalue weighted by Crippen LogP contribution is -2.09. The van der Waals surface area contributed by atoms with E-state index in [1.807, 2.05) is 51.1 Å². The lowest BCUT2D eigenvalue weighted by molar-refractivity contribution is -0.0980. The molecular formula is C22H29FN4O2S. The zero-order valence-electron chi connectivity index (χ0n) is 17.5. The minimum atomic E-state index is -0.743. The van der Waals surface area contributed by atoms with Crippen LogP contribution in [0.2, 0.25) is 0 Å². The SMILES string of the molecule is C=O.CCN.CCNC.N=C(c1cc2ccccc2s1)c1c(N)ccc(C=O)c1F. The molecule has 6 nitrogen and oxygen atoms in total. The van der Waals surface area contributed by atoms with Crippen molar-refractivity contribution in [2.75, 3.05) is 25.9 Å². The summed E-state index contributed by atoms with van der Waals surface area (Å²) in [6.07, 6.45) is 0.427. The van der Waals surface area contributed by atoms with E-state index >= 15 is 0 Å². The van der Waals surface area contributed by atoms with Gasteiger partial charge in [-0.05, 0) is 49.8 Å². The normalized spacial score (nSPS) is 9.23. The Morgan fingerprint density at radius 2 is 1.80 bits per heavy atom. The van der Waals surface area contributed by atoms with Crippen LogP contribution in [-0.2, 0) is 4.79 Å². The molecule has 0 unspecified atom stereocenters. The van der Waals surface area contributed by atoms with E-state index in [-0.39, 0.29) is 22.5 Å². The first-order valence-corrected chi connectivity index (χ1v) is 10.0. The smallest absolute Gasteiger partial charge is 0.153 e. The highest BCUT2D eigenvalue weighted by molar-refractivity contribution is 7.21. The van der Waals surface area contributed by atoms with Gasteiger partial charge in [-0.2, -0.15) is 0 Å². The number of hydrogen-bond acceptors (Lipinski definition) is 7. The molecule has 0 spiro atoms. The lowest BCUT2D eigenvalue weighted by atomic mass is 10.0. The van der Waals surface area contributed by atoms with Crippen molar-refractivity contribution in [3.05, 3.63) is 64.3 Å². The number of carbonyl (C=O) groups is 2. The number of nitrogens with one attached hydrogen (secondary N) is 2. The number of aldehydes is 1. The van der Waals surface area contributed by atoms with E-state index < -0.39 is 5.82 Å². The summed E-state index contributed by atoms with van der Waals surface area (Å²) in [4.78, 5) is 19.5. The maximum Gasteiger partial charge on any atom is 0.153 e. The number of nitrogen functional groups attached to an aromatic ring is 1. The van der Waals surface area contributed by atoms with Gasteiger partial charge < -0.3 is 21.6 Å². The van der Waals surface area contributed by atoms with E-state index in [2.05, 4.69) is 12.2 Å². The Labute approximate surface area is 180 Å². The third kappa shape index (κ3) is 7.47. The highest BCUT2D eigenvalue weighted by atomic mass is 32.1. The van der Waals surface area contributed by atoms with Crippen LogP contribution >= 0.6 is 11.3 Å². The molecule has 1 aromatic heterocycles. The van der Waals surface area contributed by atoms with Crippen LogP contribution < -0.4 is 16.8 Å². The average molecular weight is 433 g/mol. The molecule has 8 heteroatoms. The fourth-order valence-corrected chi connectivity index (χ4v) is 3.20. The second-order valence-corrected chi connectivity index (χ2v) is 6.77. The quantitative estimate of drug-likeness (QED) is 0.283. The second-order valence-electron chi connectivity index (χ2n) is 5.69. The van der Waals surface area contributed by atoms with Crippen molar-refractivity contribution in [1.29, 1.82) is 5.41 Å². The number of benzene rings is 2. The zero-order valence-corrected chi connectivity index (χ0v) is 18.3. The maximum atomic E-state index is 14.3. The molecule has 0 saturated heterocycles. The fraction of sp³-hybridized carbons (Fsp3) is 0.227. The van der Waals surface area contributed by atoms with Crippen molar-refractivity contribution in [3.63, 3.8) is 0 Å². The first-order valence-electron chi connectivity index (χ1n) is 9.19. The highest BCUT2D eigenvalue weighted by Crippen LogP contribution is 2.30. The summed E-state index contributed by atoms with van der Waals surface area (Å²) in [6.45, 7) is 7.79. The van der Waals surface area contributed by atoms with Crippen LogP contribution in [0.4, 0.5) is 10.1 Å². The largest absolute Gasteiger partial charge is 0.398 e. The van der Waals surface area contributed by atoms with E-state index in [1.54, 1.807) is 0 Å². The summed E-state index contributed by atoms with van der Waals surface area (Å²) < 4.78 is 15.3. The van der Waals surface area contributed by atoms with Crippen LogP contribution in [0.3, 0.4) is 0 Å². The third-order valence-corrected chi connectivity index (χ3v) is 4.74. The summed E-state index contributed by atoms with van der Waals surface area (Å²) in [5.74, 6) is -0.743. The van der Waals surface area contributed by atoms with Gasteiger partial charge in [-0.25, -0.2) is 4.39 Å². The number of fused-ring (bicyclic) bond motifs is 1. The zero-order chi connectivity index (χ0) is 23.1. The van der Waals surface area contributed by atoms with E-state index in [4.69, 9.17) is 21.7 Å². The molecule has 6 N–H and O–H groups in total. The Morgan fingerprint density at radius 1 is 1.23 bits per heavy atom. The molecule has 0 bridgehead atoms.